The van der Waals surface area contributed by atoms with E-state index in [0.717, 1.165) is 45.1 Å². The Balaban J connectivity index is 3.75. The first-order chi connectivity index (χ1) is 19.7. The molecule has 0 aromatic heterocycles. The average molecular weight is 610 g/mol. The van der Waals surface area contributed by atoms with Gasteiger partial charge in [-0.05, 0) is 19.3 Å². The van der Waals surface area contributed by atoms with E-state index in [1.165, 1.54) is 83.5 Å². The van der Waals surface area contributed by atoms with Crippen LogP contribution in [0.5, 0.6) is 0 Å². The third-order valence-electron chi connectivity index (χ3n) is 6.77. The Morgan fingerprint density at radius 3 is 1.76 bits per heavy atom. The molecule has 0 saturated heterocycles. The molecule has 10 nitrogen and oxygen atoms in total. The maximum Gasteiger partial charge on any atom is 0.469 e. The lowest BCUT2D eigenvalue weighted by Crippen LogP contribution is -2.28. The topological polar surface area (TPSA) is 141 Å². The highest BCUT2D eigenvalue weighted by molar-refractivity contribution is 7.46. The molecule has 0 radical (unpaired) electrons. The quantitative estimate of drug-likeness (QED) is 0.0329. The van der Waals surface area contributed by atoms with Crippen LogP contribution in [0.1, 0.15) is 142 Å². The van der Waals surface area contributed by atoms with E-state index in [2.05, 4.69) is 16.8 Å². The maximum atomic E-state index is 12.2. The molecule has 0 bridgehead atoms. The lowest BCUT2D eigenvalue weighted by atomic mass is 10.1. The number of hydrogen-bond acceptors (Lipinski definition) is 7. The lowest BCUT2D eigenvalue weighted by Gasteiger charge is -2.18. The second kappa shape index (κ2) is 29.1. The van der Waals surface area contributed by atoms with E-state index in [9.17, 15) is 14.2 Å². The van der Waals surface area contributed by atoms with E-state index in [1.807, 2.05) is 0 Å². The zero-order valence-electron chi connectivity index (χ0n) is 26.0. The van der Waals surface area contributed by atoms with Gasteiger partial charge in [0.15, 0.2) is 0 Å². The van der Waals surface area contributed by atoms with E-state index >= 15 is 0 Å². The van der Waals surface area contributed by atoms with E-state index in [4.69, 9.17) is 24.0 Å². The van der Waals surface area contributed by atoms with Gasteiger partial charge in [-0.3, -0.25) is 14.1 Å². The zero-order chi connectivity index (χ0) is 30.4. The molecule has 0 aromatic rings. The van der Waals surface area contributed by atoms with Gasteiger partial charge in [-0.2, -0.15) is 0 Å². The third-order valence-corrected chi connectivity index (χ3v) is 7.26. The third kappa shape index (κ3) is 33.3. The van der Waals surface area contributed by atoms with Crippen molar-refractivity contribution in [2.45, 2.75) is 148 Å². The maximum absolute atomic E-state index is 12.2. The van der Waals surface area contributed by atoms with E-state index < -0.39 is 26.5 Å². The summed E-state index contributed by atoms with van der Waals surface area (Å²) in [4.78, 5) is 41.0. The molecule has 0 aliphatic heterocycles. The van der Waals surface area contributed by atoms with Crippen LogP contribution in [0.15, 0.2) is 0 Å². The summed E-state index contributed by atoms with van der Waals surface area (Å²) in [7, 11) is -4.67. The van der Waals surface area contributed by atoms with Gasteiger partial charge < -0.3 is 29.3 Å². The number of amides is 1. The van der Waals surface area contributed by atoms with Gasteiger partial charge in [0.25, 0.3) is 0 Å². The van der Waals surface area contributed by atoms with Crippen molar-refractivity contribution in [3.8, 4) is 0 Å². The number of phosphoric acid groups is 1. The molecule has 1 amide bonds. The van der Waals surface area contributed by atoms with E-state index in [0.29, 0.717) is 6.61 Å². The van der Waals surface area contributed by atoms with Crippen molar-refractivity contribution < 1.29 is 42.7 Å². The fourth-order valence-electron chi connectivity index (χ4n) is 4.43. The van der Waals surface area contributed by atoms with Gasteiger partial charge in [0, 0.05) is 26.5 Å². The summed E-state index contributed by atoms with van der Waals surface area (Å²) in [5.41, 5.74) is 0. The van der Waals surface area contributed by atoms with Crippen LogP contribution in [0.25, 0.3) is 0 Å². The van der Waals surface area contributed by atoms with Gasteiger partial charge in [0.1, 0.15) is 12.9 Å². The highest BCUT2D eigenvalue weighted by Crippen LogP contribution is 2.35. The number of rotatable bonds is 31. The molecule has 11 heteroatoms. The number of phosphoric ester groups is 1. The van der Waals surface area contributed by atoms with Crippen molar-refractivity contribution in [2.75, 3.05) is 33.2 Å². The summed E-state index contributed by atoms with van der Waals surface area (Å²) in [6.07, 6.45) is 21.3. The summed E-state index contributed by atoms with van der Waals surface area (Å²) in [5.74, 6) is -0.371. The highest BCUT2D eigenvalue weighted by atomic mass is 31.2. The van der Waals surface area contributed by atoms with Crippen LogP contribution in [0.3, 0.4) is 0 Å². The first kappa shape index (κ1) is 40.0. The second-order valence-electron chi connectivity index (χ2n) is 10.9. The minimum Gasteiger partial charge on any atom is -0.457 e. The predicted molar refractivity (Wildman–Crippen MR) is 161 cm³/mol. The highest BCUT2D eigenvalue weighted by Gasteiger charge is 2.21. The molecular formula is C30H60NO9P. The number of hydrogen-bond donors (Lipinski definition) is 3. The molecule has 0 saturated carbocycles. The Morgan fingerprint density at radius 1 is 0.707 bits per heavy atom. The molecule has 0 unspecified atom stereocenters. The van der Waals surface area contributed by atoms with E-state index in [1.54, 1.807) is 6.92 Å². The van der Waals surface area contributed by atoms with Gasteiger partial charge in [0.05, 0.1) is 13.2 Å². The molecule has 3 N–H and O–H groups in total. The van der Waals surface area contributed by atoms with Crippen molar-refractivity contribution in [1.29, 1.82) is 0 Å². The summed E-state index contributed by atoms with van der Waals surface area (Å²) < 4.78 is 31.9. The molecule has 1 atom stereocenters. The van der Waals surface area contributed by atoms with Crippen molar-refractivity contribution in [3.05, 3.63) is 0 Å². The number of carbonyl (C=O) groups is 2. The summed E-state index contributed by atoms with van der Waals surface area (Å²) in [6, 6.07) is 0. The first-order valence-corrected chi connectivity index (χ1v) is 17.6. The van der Waals surface area contributed by atoms with Crippen molar-refractivity contribution in [3.63, 3.8) is 0 Å². The molecule has 244 valence electrons. The molecule has 0 aliphatic carbocycles. The number of esters is 1. The number of unbranched alkanes of at least 4 members (excludes halogenated alkanes) is 17. The first-order valence-electron chi connectivity index (χ1n) is 16.0. The Hall–Kier alpha value is -1.03. The summed E-state index contributed by atoms with van der Waals surface area (Å²) in [5, 5.41) is 2.83. The number of nitrogens with one attached hydrogen (secondary N) is 1. The molecule has 0 aromatic carbocycles. The van der Waals surface area contributed by atoms with Crippen molar-refractivity contribution in [2.24, 2.45) is 0 Å². The fourth-order valence-corrected chi connectivity index (χ4v) is 4.79. The van der Waals surface area contributed by atoms with Crippen molar-refractivity contribution in [1.82, 2.24) is 5.32 Å². The van der Waals surface area contributed by atoms with Crippen LogP contribution in [0.4, 0.5) is 0 Å². The molecule has 0 spiro atoms. The number of carbonyl (C=O) groups excluding carboxylic acids is 2. The van der Waals surface area contributed by atoms with Crippen LogP contribution in [0.2, 0.25) is 0 Å². The molecule has 0 heterocycles. The Labute approximate surface area is 249 Å². The zero-order valence-corrected chi connectivity index (χ0v) is 26.8. The molecule has 0 rings (SSSR count). The average Bonchev–Trinajstić information content (AvgIpc) is 2.91. The Morgan fingerprint density at radius 2 is 1.22 bits per heavy atom. The van der Waals surface area contributed by atoms with Crippen LogP contribution in [-0.2, 0) is 32.9 Å². The monoisotopic (exact) mass is 609 g/mol. The minimum atomic E-state index is -4.67. The summed E-state index contributed by atoms with van der Waals surface area (Å²) in [6.45, 7) is 4.63. The van der Waals surface area contributed by atoms with Gasteiger partial charge in [-0.15, -0.1) is 0 Å². The largest absolute Gasteiger partial charge is 0.469 e. The fraction of sp³-hybridized carbons (Fsp3) is 0.933. The van der Waals surface area contributed by atoms with Gasteiger partial charge in [0.2, 0.25) is 5.91 Å². The Bertz CT molecular complexity index is 660. The van der Waals surface area contributed by atoms with Gasteiger partial charge in [-0.1, -0.05) is 110 Å². The molecule has 0 fully saturated rings. The lowest BCUT2D eigenvalue weighted by molar-refractivity contribution is -0.158. The SMILES string of the molecule is CCCCCCCCCCC(=O)O[C@H](COCOCCCCCCCCCCCCCNC(C)=O)COP(=O)(O)O. The van der Waals surface area contributed by atoms with Crippen LogP contribution >= 0.6 is 7.82 Å². The van der Waals surface area contributed by atoms with Crippen LogP contribution < -0.4 is 5.32 Å². The molecular weight excluding hydrogens is 549 g/mol. The van der Waals surface area contributed by atoms with Crippen LogP contribution in [-0.4, -0.2) is 60.9 Å². The normalized spacial score (nSPS) is 12.4. The van der Waals surface area contributed by atoms with Crippen LogP contribution in [0, 0.1) is 0 Å². The predicted octanol–water partition coefficient (Wildman–Crippen LogP) is 6.96. The van der Waals surface area contributed by atoms with Gasteiger partial charge >= 0.3 is 13.8 Å². The molecule has 0 aliphatic rings. The van der Waals surface area contributed by atoms with Crippen molar-refractivity contribution >= 4 is 19.7 Å². The standard InChI is InChI=1S/C30H60NO9P/c1-3-4-5-6-7-13-16-19-22-30(33)40-29(26-39-41(34,35)36)25-38-27-37-24-21-18-15-12-10-8-9-11-14-17-20-23-31-28(2)32/h29H,3-27H2,1-2H3,(H,31,32)(H2,34,35,36)/t29-/m1/s1. The minimum absolute atomic E-state index is 0.0206. The summed E-state index contributed by atoms with van der Waals surface area (Å²) >= 11 is 0. The van der Waals surface area contributed by atoms with Gasteiger partial charge in [-0.25, -0.2) is 4.57 Å². The van der Waals surface area contributed by atoms with E-state index in [-0.39, 0.29) is 25.7 Å². The molecule has 41 heavy (non-hydrogen) atoms. The Kier molecular flexibility index (Phi) is 28.3. The second-order valence-corrected chi connectivity index (χ2v) is 12.1. The number of ether oxygens (including phenoxy) is 3. The smallest absolute Gasteiger partial charge is 0.457 e.